The summed E-state index contributed by atoms with van der Waals surface area (Å²) >= 11 is 3.39. The lowest BCUT2D eigenvalue weighted by atomic mass is 9.92. The number of nitrogens with one attached hydrogen (secondary N) is 1. The van der Waals surface area contributed by atoms with Crippen molar-refractivity contribution in [2.24, 2.45) is 0 Å². The van der Waals surface area contributed by atoms with E-state index >= 15 is 0 Å². The van der Waals surface area contributed by atoms with Crippen molar-refractivity contribution in [3.63, 3.8) is 0 Å². The molecule has 1 aliphatic rings. The number of halogens is 1. The molecule has 1 aliphatic heterocycles. The van der Waals surface area contributed by atoms with Crippen LogP contribution < -0.4 is 5.32 Å². The molecule has 1 fully saturated rings. The number of benzene rings is 1. The Morgan fingerprint density at radius 1 is 1.26 bits per heavy atom. The van der Waals surface area contributed by atoms with Crippen molar-refractivity contribution in [3.8, 4) is 0 Å². The maximum Gasteiger partial charge on any atom is 0.164 e. The summed E-state index contributed by atoms with van der Waals surface area (Å²) in [5.74, 6) is 0.219. The van der Waals surface area contributed by atoms with Crippen LogP contribution in [0.2, 0.25) is 0 Å². The van der Waals surface area contributed by atoms with Crippen LogP contribution in [0.15, 0.2) is 28.7 Å². The van der Waals surface area contributed by atoms with Crippen molar-refractivity contribution >= 4 is 21.7 Å². The van der Waals surface area contributed by atoms with Crippen molar-refractivity contribution in [3.05, 3.63) is 34.3 Å². The second-order valence-electron chi connectivity index (χ2n) is 5.66. The third-order valence-corrected chi connectivity index (χ3v) is 4.26. The SMILES string of the molecule is CC(C)(CC(=O)c1ccc(Br)cc1)N1CCNCC1. The topological polar surface area (TPSA) is 32.3 Å². The van der Waals surface area contributed by atoms with E-state index < -0.39 is 0 Å². The Labute approximate surface area is 123 Å². The van der Waals surface area contributed by atoms with E-state index in [1.54, 1.807) is 0 Å². The molecule has 104 valence electrons. The molecule has 0 spiro atoms. The van der Waals surface area contributed by atoms with Gasteiger partial charge in [0, 0.05) is 48.2 Å². The highest BCUT2D eigenvalue weighted by atomic mass is 79.9. The number of nitrogens with zero attached hydrogens (tertiary/aromatic N) is 1. The molecular formula is C15H21BrN2O. The molecular weight excluding hydrogens is 304 g/mol. The molecule has 2 rings (SSSR count). The van der Waals surface area contributed by atoms with Gasteiger partial charge in [0.2, 0.25) is 0 Å². The highest BCUT2D eigenvalue weighted by Gasteiger charge is 2.30. The lowest BCUT2D eigenvalue weighted by Crippen LogP contribution is -2.54. The molecule has 0 radical (unpaired) electrons. The van der Waals surface area contributed by atoms with Crippen LogP contribution in [0.3, 0.4) is 0 Å². The molecule has 1 aromatic carbocycles. The van der Waals surface area contributed by atoms with Gasteiger partial charge in [-0.05, 0) is 26.0 Å². The highest BCUT2D eigenvalue weighted by Crippen LogP contribution is 2.22. The van der Waals surface area contributed by atoms with E-state index in [1.807, 2.05) is 24.3 Å². The van der Waals surface area contributed by atoms with E-state index in [0.29, 0.717) is 6.42 Å². The highest BCUT2D eigenvalue weighted by molar-refractivity contribution is 9.10. The van der Waals surface area contributed by atoms with E-state index in [1.165, 1.54) is 0 Å². The summed E-state index contributed by atoms with van der Waals surface area (Å²) in [5.41, 5.74) is 0.720. The molecule has 1 N–H and O–H groups in total. The quantitative estimate of drug-likeness (QED) is 0.864. The predicted molar refractivity (Wildman–Crippen MR) is 81.6 cm³/mol. The van der Waals surface area contributed by atoms with Gasteiger partial charge < -0.3 is 5.32 Å². The first-order chi connectivity index (χ1) is 8.99. The van der Waals surface area contributed by atoms with Crippen molar-refractivity contribution in [2.75, 3.05) is 26.2 Å². The maximum absolute atomic E-state index is 12.4. The van der Waals surface area contributed by atoms with E-state index in [0.717, 1.165) is 36.2 Å². The van der Waals surface area contributed by atoms with Crippen LogP contribution in [0.25, 0.3) is 0 Å². The lowest BCUT2D eigenvalue weighted by Gasteiger charge is -2.40. The molecule has 1 heterocycles. The Bertz CT molecular complexity index is 436. The van der Waals surface area contributed by atoms with Gasteiger partial charge in [0.1, 0.15) is 0 Å². The zero-order chi connectivity index (χ0) is 13.9. The molecule has 0 atom stereocenters. The number of Topliss-reactive ketones (excluding diaryl/α,β-unsaturated/α-hetero) is 1. The fourth-order valence-electron chi connectivity index (χ4n) is 2.51. The number of hydrogen-bond acceptors (Lipinski definition) is 3. The number of carbonyl (C=O) groups excluding carboxylic acids is 1. The van der Waals surface area contributed by atoms with Gasteiger partial charge in [-0.2, -0.15) is 0 Å². The van der Waals surface area contributed by atoms with Gasteiger partial charge in [-0.25, -0.2) is 0 Å². The largest absolute Gasteiger partial charge is 0.314 e. The monoisotopic (exact) mass is 324 g/mol. The number of carbonyl (C=O) groups is 1. The summed E-state index contributed by atoms with van der Waals surface area (Å²) in [6, 6.07) is 7.62. The van der Waals surface area contributed by atoms with E-state index in [2.05, 4.69) is 40.0 Å². The molecule has 19 heavy (non-hydrogen) atoms. The van der Waals surface area contributed by atoms with Gasteiger partial charge in [0.25, 0.3) is 0 Å². The fourth-order valence-corrected chi connectivity index (χ4v) is 2.78. The van der Waals surface area contributed by atoms with Crippen LogP contribution in [0.1, 0.15) is 30.6 Å². The second-order valence-corrected chi connectivity index (χ2v) is 6.57. The molecule has 0 bridgehead atoms. The molecule has 0 aliphatic carbocycles. The van der Waals surface area contributed by atoms with Gasteiger partial charge in [0.15, 0.2) is 5.78 Å². The summed E-state index contributed by atoms with van der Waals surface area (Å²) in [5, 5.41) is 3.35. The van der Waals surface area contributed by atoms with Crippen LogP contribution in [-0.2, 0) is 0 Å². The van der Waals surface area contributed by atoms with Crippen LogP contribution in [-0.4, -0.2) is 42.4 Å². The Morgan fingerprint density at radius 3 is 2.42 bits per heavy atom. The average Bonchev–Trinajstić information content (AvgIpc) is 2.40. The third-order valence-electron chi connectivity index (χ3n) is 3.73. The molecule has 1 saturated heterocycles. The van der Waals surface area contributed by atoms with E-state index in [9.17, 15) is 4.79 Å². The summed E-state index contributed by atoms with van der Waals surface area (Å²) in [7, 11) is 0. The summed E-state index contributed by atoms with van der Waals surface area (Å²) in [6.45, 7) is 8.37. The van der Waals surface area contributed by atoms with Crippen LogP contribution >= 0.6 is 15.9 Å². The number of hydrogen-bond donors (Lipinski definition) is 1. The Morgan fingerprint density at radius 2 is 1.84 bits per heavy atom. The number of piperazine rings is 1. The number of rotatable bonds is 4. The van der Waals surface area contributed by atoms with Gasteiger partial charge in [-0.1, -0.05) is 28.1 Å². The Hall–Kier alpha value is -0.710. The van der Waals surface area contributed by atoms with E-state index in [-0.39, 0.29) is 11.3 Å². The lowest BCUT2D eigenvalue weighted by molar-refractivity contribution is 0.0729. The van der Waals surface area contributed by atoms with Crippen LogP contribution in [0.5, 0.6) is 0 Å². The van der Waals surface area contributed by atoms with Crippen molar-refractivity contribution in [2.45, 2.75) is 25.8 Å². The number of ketones is 1. The molecule has 0 amide bonds. The molecule has 1 aromatic rings. The summed E-state index contributed by atoms with van der Waals surface area (Å²) in [6.07, 6.45) is 0.564. The zero-order valence-corrected chi connectivity index (χ0v) is 13.2. The minimum Gasteiger partial charge on any atom is -0.314 e. The smallest absolute Gasteiger partial charge is 0.164 e. The standard InChI is InChI=1S/C15H21BrN2O/c1-15(2,18-9-7-17-8-10-18)11-14(19)12-3-5-13(16)6-4-12/h3-6,17H,7-11H2,1-2H3. The van der Waals surface area contributed by atoms with Gasteiger partial charge >= 0.3 is 0 Å². The molecule has 0 unspecified atom stereocenters. The van der Waals surface area contributed by atoms with Gasteiger partial charge in [-0.3, -0.25) is 9.69 Å². The van der Waals surface area contributed by atoms with Crippen LogP contribution in [0, 0.1) is 0 Å². The third kappa shape index (κ3) is 3.88. The zero-order valence-electron chi connectivity index (χ0n) is 11.6. The Balaban J connectivity index is 2.02. The summed E-state index contributed by atoms with van der Waals surface area (Å²) < 4.78 is 1.01. The van der Waals surface area contributed by atoms with Crippen LogP contribution in [0.4, 0.5) is 0 Å². The average molecular weight is 325 g/mol. The molecule has 4 heteroatoms. The van der Waals surface area contributed by atoms with Gasteiger partial charge in [0.05, 0.1) is 0 Å². The normalized spacial score (nSPS) is 17.4. The Kier molecular flexibility index (Phi) is 4.76. The summed E-state index contributed by atoms with van der Waals surface area (Å²) in [4.78, 5) is 14.8. The molecule has 3 nitrogen and oxygen atoms in total. The second kappa shape index (κ2) is 6.16. The minimum absolute atomic E-state index is 0.0771. The van der Waals surface area contributed by atoms with Gasteiger partial charge in [-0.15, -0.1) is 0 Å². The molecule has 0 aromatic heterocycles. The first-order valence-electron chi connectivity index (χ1n) is 6.73. The van der Waals surface area contributed by atoms with E-state index in [4.69, 9.17) is 0 Å². The van der Waals surface area contributed by atoms with Crippen molar-refractivity contribution in [1.29, 1.82) is 0 Å². The maximum atomic E-state index is 12.4. The minimum atomic E-state index is -0.0771. The molecule has 0 saturated carbocycles. The fraction of sp³-hybridized carbons (Fsp3) is 0.533. The predicted octanol–water partition coefficient (Wildman–Crippen LogP) is 2.71. The first-order valence-corrected chi connectivity index (χ1v) is 7.53. The first kappa shape index (κ1) is 14.7. The van der Waals surface area contributed by atoms with Crippen molar-refractivity contribution in [1.82, 2.24) is 10.2 Å². The van der Waals surface area contributed by atoms with Crippen molar-refractivity contribution < 1.29 is 4.79 Å².